The molecule has 2 heterocycles. The highest BCUT2D eigenvalue weighted by Gasteiger charge is 2.33. The van der Waals surface area contributed by atoms with Crippen molar-refractivity contribution in [2.45, 2.75) is 19.6 Å². The van der Waals surface area contributed by atoms with Gasteiger partial charge in [0.2, 0.25) is 0 Å². The Balaban J connectivity index is 1.47. The van der Waals surface area contributed by atoms with E-state index in [1.165, 1.54) is 37.0 Å². The highest BCUT2D eigenvalue weighted by molar-refractivity contribution is 7.07. The maximum Gasteiger partial charge on any atom is 0.280 e. The van der Waals surface area contributed by atoms with Crippen LogP contribution >= 0.6 is 11.3 Å². The summed E-state index contributed by atoms with van der Waals surface area (Å²) in [6.07, 6.45) is 1.44. The summed E-state index contributed by atoms with van der Waals surface area (Å²) < 4.78 is 18.5. The second-order valence-corrected chi connectivity index (χ2v) is 11.8. The van der Waals surface area contributed by atoms with Crippen molar-refractivity contribution < 1.29 is 23.9 Å². The van der Waals surface area contributed by atoms with E-state index in [4.69, 9.17) is 14.2 Å². The van der Waals surface area contributed by atoms with Gasteiger partial charge in [0.25, 0.3) is 17.2 Å². The normalized spacial score (nSPS) is 14.1. The molecule has 1 aromatic heterocycles. The third kappa shape index (κ3) is 6.46. The van der Waals surface area contributed by atoms with Crippen LogP contribution in [0.15, 0.2) is 118 Å². The zero-order chi connectivity index (χ0) is 33.8. The van der Waals surface area contributed by atoms with Crippen LogP contribution in [0.4, 0.5) is 11.4 Å². The first kappa shape index (κ1) is 32.0. The zero-order valence-corrected chi connectivity index (χ0v) is 27.0. The van der Waals surface area contributed by atoms with Gasteiger partial charge >= 0.3 is 0 Å². The number of hydrogen-bond donors (Lipinski definition) is 1. The van der Waals surface area contributed by atoms with Crippen LogP contribution in [-0.2, 0) is 11.4 Å². The molecule has 4 aromatic carbocycles. The Bertz CT molecular complexity index is 2230. The summed E-state index contributed by atoms with van der Waals surface area (Å²) >= 11 is 1.07. The first-order valence-electron chi connectivity index (χ1n) is 14.8. The van der Waals surface area contributed by atoms with Gasteiger partial charge in [-0.1, -0.05) is 72.0 Å². The minimum atomic E-state index is -0.861. The van der Waals surface area contributed by atoms with E-state index in [2.05, 4.69) is 10.3 Å². The molecule has 242 valence electrons. The number of ether oxygens (including phenoxy) is 3. The molecule has 11 nitrogen and oxygen atoms in total. The summed E-state index contributed by atoms with van der Waals surface area (Å²) in [6, 6.07) is 27.4. The van der Waals surface area contributed by atoms with Crippen LogP contribution in [0.25, 0.3) is 6.08 Å². The molecule has 1 N–H and O–H groups in total. The van der Waals surface area contributed by atoms with Crippen LogP contribution in [0.3, 0.4) is 0 Å². The molecule has 1 aliphatic rings. The number of methoxy groups -OCH3 is 2. The van der Waals surface area contributed by atoms with Crippen molar-refractivity contribution in [1.82, 2.24) is 4.57 Å². The summed E-state index contributed by atoms with van der Waals surface area (Å²) in [4.78, 5) is 44.8. The molecule has 0 unspecified atom stereocenters. The number of allylic oxidation sites excluding steroid dienone is 1. The van der Waals surface area contributed by atoms with E-state index in [1.807, 2.05) is 42.5 Å². The molecule has 48 heavy (non-hydrogen) atoms. The van der Waals surface area contributed by atoms with E-state index in [0.717, 1.165) is 16.9 Å². The fraction of sp³-hybridized carbons (Fsp3) is 0.139. The number of carbonyl (C=O) groups excluding carboxylic acids is 1. The molecule has 1 atom stereocenters. The van der Waals surface area contributed by atoms with Gasteiger partial charge in [-0.05, 0) is 54.5 Å². The van der Waals surface area contributed by atoms with E-state index < -0.39 is 22.4 Å². The number of nitro benzene ring substituents is 1. The van der Waals surface area contributed by atoms with Crippen LogP contribution in [0.1, 0.15) is 29.7 Å². The largest absolute Gasteiger partial charge is 0.497 e. The number of nitrogens with one attached hydrogen (secondary N) is 1. The Hall–Kier alpha value is -6.01. The second-order valence-electron chi connectivity index (χ2n) is 10.8. The number of anilines is 1. The molecule has 5 aromatic rings. The average molecular weight is 663 g/mol. The van der Waals surface area contributed by atoms with Crippen LogP contribution in [0.5, 0.6) is 17.2 Å². The molecule has 6 rings (SSSR count). The minimum absolute atomic E-state index is 0.143. The van der Waals surface area contributed by atoms with Gasteiger partial charge in [-0.3, -0.25) is 24.3 Å². The van der Waals surface area contributed by atoms with Gasteiger partial charge in [0, 0.05) is 5.69 Å². The van der Waals surface area contributed by atoms with Crippen molar-refractivity contribution in [1.29, 1.82) is 0 Å². The van der Waals surface area contributed by atoms with Gasteiger partial charge in [0.15, 0.2) is 16.3 Å². The monoisotopic (exact) mass is 662 g/mol. The summed E-state index contributed by atoms with van der Waals surface area (Å²) in [5.41, 5.74) is 2.20. The number of amides is 1. The number of para-hydroxylation sites is 1. The molecule has 1 amide bonds. The SMILES string of the molecule is COc1cccc([C@H]2C(C(=O)Nc3ccccc3)=C(C)N=c3s/c(=C\c4cc(OC)c(OCc5ccccc5)cc4[N+](=O)[O-])c(=O)n32)c1. The predicted octanol–water partition coefficient (Wildman–Crippen LogP) is 5.38. The topological polar surface area (TPSA) is 134 Å². The van der Waals surface area contributed by atoms with Crippen molar-refractivity contribution in [3.05, 3.63) is 155 Å². The Morgan fingerprint density at radius 1 is 0.979 bits per heavy atom. The van der Waals surface area contributed by atoms with E-state index in [-0.39, 0.29) is 39.5 Å². The van der Waals surface area contributed by atoms with E-state index >= 15 is 0 Å². The molecule has 0 aliphatic carbocycles. The molecule has 0 saturated carbocycles. The number of hydrogen-bond acceptors (Lipinski definition) is 9. The quantitative estimate of drug-likeness (QED) is 0.157. The smallest absolute Gasteiger partial charge is 0.280 e. The number of nitro groups is 1. The Morgan fingerprint density at radius 2 is 1.71 bits per heavy atom. The molecule has 12 heteroatoms. The van der Waals surface area contributed by atoms with Crippen LogP contribution in [0, 0.1) is 10.1 Å². The average Bonchev–Trinajstić information content (AvgIpc) is 3.40. The third-order valence-corrected chi connectivity index (χ3v) is 8.72. The third-order valence-electron chi connectivity index (χ3n) is 7.74. The Labute approximate surface area is 278 Å². The highest BCUT2D eigenvalue weighted by Crippen LogP contribution is 2.36. The number of benzene rings is 4. The lowest BCUT2D eigenvalue weighted by molar-refractivity contribution is -0.385. The van der Waals surface area contributed by atoms with Crippen LogP contribution in [-0.4, -0.2) is 29.6 Å². The van der Waals surface area contributed by atoms with Gasteiger partial charge in [-0.2, -0.15) is 0 Å². The molecule has 1 aliphatic heterocycles. The molecule has 0 spiro atoms. The fourth-order valence-electron chi connectivity index (χ4n) is 5.45. The zero-order valence-electron chi connectivity index (χ0n) is 26.2. The van der Waals surface area contributed by atoms with Gasteiger partial charge < -0.3 is 19.5 Å². The number of rotatable bonds is 10. The highest BCUT2D eigenvalue weighted by atomic mass is 32.1. The number of thiazole rings is 1. The molecular formula is C36H30N4O7S. The van der Waals surface area contributed by atoms with Crippen molar-refractivity contribution in [2.24, 2.45) is 4.99 Å². The van der Waals surface area contributed by atoms with Crippen LogP contribution < -0.4 is 34.4 Å². The van der Waals surface area contributed by atoms with Crippen molar-refractivity contribution in [2.75, 3.05) is 19.5 Å². The Morgan fingerprint density at radius 3 is 2.40 bits per heavy atom. The fourth-order valence-corrected chi connectivity index (χ4v) is 6.48. The molecule has 0 fully saturated rings. The van der Waals surface area contributed by atoms with Crippen LogP contribution in [0.2, 0.25) is 0 Å². The van der Waals surface area contributed by atoms with E-state index in [1.54, 1.807) is 49.4 Å². The van der Waals surface area contributed by atoms with Gasteiger partial charge in [0.05, 0.1) is 52.6 Å². The summed E-state index contributed by atoms with van der Waals surface area (Å²) in [5, 5.41) is 15.2. The van der Waals surface area contributed by atoms with E-state index in [0.29, 0.717) is 27.5 Å². The lowest BCUT2D eigenvalue weighted by atomic mass is 9.95. The lowest BCUT2D eigenvalue weighted by Crippen LogP contribution is -2.40. The summed E-state index contributed by atoms with van der Waals surface area (Å²) in [5.74, 6) is 0.579. The molecular weight excluding hydrogens is 632 g/mol. The van der Waals surface area contributed by atoms with Gasteiger partial charge in [-0.15, -0.1) is 0 Å². The predicted molar refractivity (Wildman–Crippen MR) is 182 cm³/mol. The number of carbonyl (C=O) groups is 1. The van der Waals surface area contributed by atoms with Crippen molar-refractivity contribution in [3.8, 4) is 17.2 Å². The maximum absolute atomic E-state index is 14.2. The first-order valence-corrected chi connectivity index (χ1v) is 15.6. The Kier molecular flexibility index (Phi) is 9.17. The molecule has 0 radical (unpaired) electrons. The second kappa shape index (κ2) is 13.8. The van der Waals surface area contributed by atoms with Gasteiger partial charge in [0.1, 0.15) is 12.4 Å². The number of aromatic nitrogens is 1. The maximum atomic E-state index is 14.2. The van der Waals surface area contributed by atoms with Crippen molar-refractivity contribution in [3.63, 3.8) is 0 Å². The van der Waals surface area contributed by atoms with Crippen molar-refractivity contribution >= 4 is 34.7 Å². The number of nitrogens with zero attached hydrogens (tertiary/aromatic N) is 3. The lowest BCUT2D eigenvalue weighted by Gasteiger charge is -2.25. The summed E-state index contributed by atoms with van der Waals surface area (Å²) in [6.45, 7) is 1.89. The minimum Gasteiger partial charge on any atom is -0.497 e. The first-order chi connectivity index (χ1) is 23.3. The number of fused-ring (bicyclic) bond motifs is 1. The standard InChI is InChI=1S/C36H30N4O7S/c1-22-32(34(41)38-26-14-8-5-9-15-26)33(24-13-10-16-27(17-24)45-2)39-35(42)31(48-36(39)37-22)19-25-18-29(46-3)30(20-28(25)40(43)44)47-21-23-11-6-4-7-12-23/h4-20,33H,21H2,1-3H3,(H,38,41)/b31-19-/t33-/m0/s1. The molecule has 0 saturated heterocycles. The summed E-state index contributed by atoms with van der Waals surface area (Å²) in [7, 11) is 2.97. The van der Waals surface area contributed by atoms with E-state index in [9.17, 15) is 19.7 Å². The van der Waals surface area contributed by atoms with Gasteiger partial charge in [-0.25, -0.2) is 4.99 Å². The molecule has 0 bridgehead atoms.